The number of carbonyl (C=O) groups is 1. The van der Waals surface area contributed by atoms with Crippen LogP contribution in [0.1, 0.15) is 24.8 Å². The van der Waals surface area contributed by atoms with Gasteiger partial charge < -0.3 is 15.0 Å². The number of hydrogen-bond donors (Lipinski definition) is 2. The number of aliphatic hydroxyl groups excluding tert-OH is 1. The first-order chi connectivity index (χ1) is 9.78. The van der Waals surface area contributed by atoms with Crippen LogP contribution < -0.4 is 0 Å². The SMILES string of the molecule is O=C(CCc1ccc2[nH]ccc2c1)N(CCO)C1CC1. The molecule has 20 heavy (non-hydrogen) atoms. The number of amides is 1. The molecule has 0 radical (unpaired) electrons. The first-order valence-corrected chi connectivity index (χ1v) is 7.24. The lowest BCUT2D eigenvalue weighted by Crippen LogP contribution is -2.35. The fraction of sp³-hybridized carbons (Fsp3) is 0.438. The van der Waals surface area contributed by atoms with Crippen LogP contribution in [0.2, 0.25) is 0 Å². The molecule has 4 heteroatoms. The average molecular weight is 272 g/mol. The topological polar surface area (TPSA) is 56.3 Å². The van der Waals surface area contributed by atoms with Gasteiger partial charge in [-0.2, -0.15) is 0 Å². The van der Waals surface area contributed by atoms with Crippen LogP contribution in [-0.2, 0) is 11.2 Å². The van der Waals surface area contributed by atoms with E-state index in [0.29, 0.717) is 19.0 Å². The number of aliphatic hydroxyl groups is 1. The number of fused-ring (bicyclic) bond motifs is 1. The second kappa shape index (κ2) is 5.67. The van der Waals surface area contributed by atoms with Gasteiger partial charge in [0, 0.05) is 30.7 Å². The van der Waals surface area contributed by atoms with E-state index < -0.39 is 0 Å². The molecule has 1 aromatic heterocycles. The first-order valence-electron chi connectivity index (χ1n) is 7.24. The minimum Gasteiger partial charge on any atom is -0.395 e. The van der Waals surface area contributed by atoms with Crippen molar-refractivity contribution in [1.82, 2.24) is 9.88 Å². The molecule has 1 saturated carbocycles. The van der Waals surface area contributed by atoms with Crippen molar-refractivity contribution in [3.8, 4) is 0 Å². The highest BCUT2D eigenvalue weighted by Gasteiger charge is 2.31. The van der Waals surface area contributed by atoms with Crippen molar-refractivity contribution in [2.45, 2.75) is 31.7 Å². The zero-order valence-electron chi connectivity index (χ0n) is 11.5. The summed E-state index contributed by atoms with van der Waals surface area (Å²) in [7, 11) is 0. The van der Waals surface area contributed by atoms with Gasteiger partial charge in [-0.1, -0.05) is 6.07 Å². The number of aromatic nitrogens is 1. The fourth-order valence-electron chi connectivity index (χ4n) is 2.66. The molecule has 0 unspecified atom stereocenters. The van der Waals surface area contributed by atoms with Gasteiger partial charge in [-0.25, -0.2) is 0 Å². The van der Waals surface area contributed by atoms with Gasteiger partial charge in [0.1, 0.15) is 0 Å². The summed E-state index contributed by atoms with van der Waals surface area (Å²) in [5, 5.41) is 10.2. The van der Waals surface area contributed by atoms with E-state index in [9.17, 15) is 4.79 Å². The molecule has 3 rings (SSSR count). The number of aromatic amines is 1. The van der Waals surface area contributed by atoms with Gasteiger partial charge >= 0.3 is 0 Å². The van der Waals surface area contributed by atoms with Crippen LogP contribution in [0.3, 0.4) is 0 Å². The van der Waals surface area contributed by atoms with E-state index >= 15 is 0 Å². The molecule has 1 aliphatic carbocycles. The molecule has 106 valence electrons. The van der Waals surface area contributed by atoms with E-state index in [0.717, 1.165) is 24.8 Å². The molecule has 1 heterocycles. The van der Waals surface area contributed by atoms with Crippen molar-refractivity contribution >= 4 is 16.8 Å². The number of H-pyrrole nitrogens is 1. The molecule has 1 fully saturated rings. The number of nitrogens with zero attached hydrogens (tertiary/aromatic N) is 1. The Kier molecular flexibility index (Phi) is 3.74. The summed E-state index contributed by atoms with van der Waals surface area (Å²) < 4.78 is 0. The molecule has 0 spiro atoms. The smallest absolute Gasteiger partial charge is 0.223 e. The Morgan fingerprint density at radius 1 is 1.35 bits per heavy atom. The highest BCUT2D eigenvalue weighted by molar-refractivity contribution is 5.80. The van der Waals surface area contributed by atoms with Crippen LogP contribution in [-0.4, -0.2) is 40.1 Å². The lowest BCUT2D eigenvalue weighted by molar-refractivity contribution is -0.132. The van der Waals surface area contributed by atoms with E-state index in [1.54, 1.807) is 0 Å². The maximum absolute atomic E-state index is 12.2. The summed E-state index contributed by atoms with van der Waals surface area (Å²) >= 11 is 0. The molecule has 2 aromatic rings. The highest BCUT2D eigenvalue weighted by Crippen LogP contribution is 2.27. The zero-order valence-corrected chi connectivity index (χ0v) is 11.5. The fourth-order valence-corrected chi connectivity index (χ4v) is 2.66. The second-order valence-corrected chi connectivity index (χ2v) is 5.44. The molecule has 0 atom stereocenters. The molecule has 0 aliphatic heterocycles. The van der Waals surface area contributed by atoms with Gasteiger partial charge in [-0.3, -0.25) is 4.79 Å². The third-order valence-electron chi connectivity index (χ3n) is 3.89. The van der Waals surface area contributed by atoms with E-state index in [-0.39, 0.29) is 12.5 Å². The third-order valence-corrected chi connectivity index (χ3v) is 3.89. The van der Waals surface area contributed by atoms with Gasteiger partial charge in [-0.05, 0) is 48.4 Å². The Labute approximate surface area is 118 Å². The van der Waals surface area contributed by atoms with Crippen molar-refractivity contribution < 1.29 is 9.90 Å². The van der Waals surface area contributed by atoms with Gasteiger partial charge in [-0.15, -0.1) is 0 Å². The number of nitrogens with one attached hydrogen (secondary N) is 1. The Hall–Kier alpha value is -1.81. The molecular weight excluding hydrogens is 252 g/mol. The predicted molar refractivity (Wildman–Crippen MR) is 78.4 cm³/mol. The van der Waals surface area contributed by atoms with Crippen molar-refractivity contribution in [2.75, 3.05) is 13.2 Å². The van der Waals surface area contributed by atoms with E-state index in [1.165, 1.54) is 10.9 Å². The Balaban J connectivity index is 1.61. The summed E-state index contributed by atoms with van der Waals surface area (Å²) in [5.74, 6) is 0.163. The minimum absolute atomic E-state index is 0.0531. The molecule has 0 saturated heterocycles. The lowest BCUT2D eigenvalue weighted by Gasteiger charge is -2.21. The molecule has 4 nitrogen and oxygen atoms in total. The van der Waals surface area contributed by atoms with Crippen LogP contribution in [0.25, 0.3) is 10.9 Å². The van der Waals surface area contributed by atoms with Gasteiger partial charge in [0.25, 0.3) is 0 Å². The monoisotopic (exact) mass is 272 g/mol. The minimum atomic E-state index is 0.0531. The van der Waals surface area contributed by atoms with Crippen molar-refractivity contribution in [3.63, 3.8) is 0 Å². The normalized spacial score (nSPS) is 14.7. The largest absolute Gasteiger partial charge is 0.395 e. The first kappa shape index (κ1) is 13.2. The Morgan fingerprint density at radius 2 is 2.20 bits per heavy atom. The Morgan fingerprint density at radius 3 is 2.95 bits per heavy atom. The van der Waals surface area contributed by atoms with Gasteiger partial charge in [0.05, 0.1) is 6.61 Å². The van der Waals surface area contributed by atoms with Crippen LogP contribution >= 0.6 is 0 Å². The molecule has 1 aromatic carbocycles. The maximum Gasteiger partial charge on any atom is 0.223 e. The average Bonchev–Trinajstić information content (AvgIpc) is 3.19. The van der Waals surface area contributed by atoms with E-state index in [1.807, 2.05) is 17.2 Å². The Bertz CT molecular complexity index is 601. The molecule has 1 amide bonds. The van der Waals surface area contributed by atoms with Crippen LogP contribution in [0.5, 0.6) is 0 Å². The van der Waals surface area contributed by atoms with Crippen LogP contribution in [0.4, 0.5) is 0 Å². The predicted octanol–water partition coefficient (Wildman–Crippen LogP) is 2.08. The summed E-state index contributed by atoms with van der Waals surface area (Å²) in [4.78, 5) is 17.2. The second-order valence-electron chi connectivity index (χ2n) is 5.44. The summed E-state index contributed by atoms with van der Waals surface area (Å²) in [5.41, 5.74) is 2.31. The quantitative estimate of drug-likeness (QED) is 0.846. The summed E-state index contributed by atoms with van der Waals surface area (Å²) in [6, 6.07) is 8.68. The van der Waals surface area contributed by atoms with E-state index in [4.69, 9.17) is 5.11 Å². The van der Waals surface area contributed by atoms with Crippen molar-refractivity contribution in [1.29, 1.82) is 0 Å². The summed E-state index contributed by atoms with van der Waals surface area (Å²) in [6.07, 6.45) is 5.37. The van der Waals surface area contributed by atoms with Crippen LogP contribution in [0.15, 0.2) is 30.5 Å². The van der Waals surface area contributed by atoms with Crippen molar-refractivity contribution in [3.05, 3.63) is 36.0 Å². The standard InChI is InChI=1S/C16H20N2O2/c19-10-9-18(14-3-4-14)16(20)6-2-12-1-5-15-13(11-12)7-8-17-15/h1,5,7-8,11,14,17,19H,2-4,6,9-10H2. The highest BCUT2D eigenvalue weighted by atomic mass is 16.3. The van der Waals surface area contributed by atoms with Gasteiger partial charge in [0.2, 0.25) is 5.91 Å². The number of carbonyl (C=O) groups excluding carboxylic acids is 1. The van der Waals surface area contributed by atoms with Crippen LogP contribution in [0, 0.1) is 0 Å². The van der Waals surface area contributed by atoms with E-state index in [2.05, 4.69) is 23.2 Å². The third kappa shape index (κ3) is 2.85. The maximum atomic E-state index is 12.2. The molecule has 2 N–H and O–H groups in total. The van der Waals surface area contributed by atoms with Gasteiger partial charge in [0.15, 0.2) is 0 Å². The number of aryl methyl sites for hydroxylation is 1. The number of rotatable bonds is 6. The molecular formula is C16H20N2O2. The molecule has 0 bridgehead atoms. The lowest BCUT2D eigenvalue weighted by atomic mass is 10.1. The number of hydrogen-bond acceptors (Lipinski definition) is 2. The van der Waals surface area contributed by atoms with Crippen molar-refractivity contribution in [2.24, 2.45) is 0 Å². The molecule has 1 aliphatic rings. The zero-order chi connectivity index (χ0) is 13.9. The summed E-state index contributed by atoms with van der Waals surface area (Å²) in [6.45, 7) is 0.526. The number of benzene rings is 1.